The van der Waals surface area contributed by atoms with E-state index in [2.05, 4.69) is 56.2 Å². The Hall–Kier alpha value is -0.120. The zero-order valence-corrected chi connectivity index (χ0v) is 19.8. The fourth-order valence-electron chi connectivity index (χ4n) is 6.55. The minimum Gasteiger partial charge on any atom is -0.303 e. The minimum atomic E-state index is 0.366. The Morgan fingerprint density at radius 2 is 1.39 bits per heavy atom. The summed E-state index contributed by atoms with van der Waals surface area (Å²) in [4.78, 5) is 8.29. The standard InChI is InChI=1S/C25H47N3/c1-23(2,3)21-7-11-27(12-8-21)22-15-25(16-22)9-13-26(14-10-25)17-20-18-28(19-20)24(4,5)6/h20-22H,7-19H2,1-6H3. The summed E-state index contributed by atoms with van der Waals surface area (Å²) in [7, 11) is 0. The van der Waals surface area contributed by atoms with Crippen LogP contribution >= 0.6 is 0 Å². The smallest absolute Gasteiger partial charge is 0.0125 e. The van der Waals surface area contributed by atoms with Crippen LogP contribution in [0.4, 0.5) is 0 Å². The van der Waals surface area contributed by atoms with E-state index < -0.39 is 0 Å². The Balaban J connectivity index is 1.14. The molecule has 0 radical (unpaired) electrons. The first-order valence-electron chi connectivity index (χ1n) is 12.3. The summed E-state index contributed by atoms with van der Waals surface area (Å²) >= 11 is 0. The van der Waals surface area contributed by atoms with E-state index in [0.717, 1.165) is 23.3 Å². The van der Waals surface area contributed by atoms with E-state index in [-0.39, 0.29) is 0 Å². The van der Waals surface area contributed by atoms with E-state index in [9.17, 15) is 0 Å². The molecule has 162 valence electrons. The third kappa shape index (κ3) is 4.47. The van der Waals surface area contributed by atoms with Crippen molar-refractivity contribution in [3.8, 4) is 0 Å². The highest BCUT2D eigenvalue weighted by Gasteiger charge is 2.48. The summed E-state index contributed by atoms with van der Waals surface area (Å²) in [5.74, 6) is 1.85. The maximum atomic E-state index is 2.86. The predicted octanol–water partition coefficient (Wildman–Crippen LogP) is 4.72. The van der Waals surface area contributed by atoms with E-state index in [1.807, 2.05) is 0 Å². The molecule has 0 aromatic rings. The predicted molar refractivity (Wildman–Crippen MR) is 120 cm³/mol. The summed E-state index contributed by atoms with van der Waals surface area (Å²) in [5.41, 5.74) is 1.59. The third-order valence-electron chi connectivity index (χ3n) is 8.95. The van der Waals surface area contributed by atoms with Crippen molar-refractivity contribution in [3.63, 3.8) is 0 Å². The van der Waals surface area contributed by atoms with E-state index in [4.69, 9.17) is 0 Å². The Labute approximate surface area is 175 Å². The summed E-state index contributed by atoms with van der Waals surface area (Å²) in [6, 6.07) is 0.916. The van der Waals surface area contributed by atoms with Gasteiger partial charge >= 0.3 is 0 Å². The van der Waals surface area contributed by atoms with Gasteiger partial charge < -0.3 is 9.80 Å². The monoisotopic (exact) mass is 389 g/mol. The van der Waals surface area contributed by atoms with Gasteiger partial charge in [0.1, 0.15) is 0 Å². The molecule has 0 unspecified atom stereocenters. The van der Waals surface area contributed by atoms with Crippen LogP contribution in [0.1, 0.15) is 80.1 Å². The van der Waals surface area contributed by atoms with Crippen molar-refractivity contribution in [3.05, 3.63) is 0 Å². The van der Waals surface area contributed by atoms with Gasteiger partial charge in [-0.25, -0.2) is 0 Å². The maximum Gasteiger partial charge on any atom is 0.0125 e. The molecule has 3 heterocycles. The largest absolute Gasteiger partial charge is 0.303 e. The average molecular weight is 390 g/mol. The lowest BCUT2D eigenvalue weighted by Crippen LogP contribution is -2.60. The van der Waals surface area contributed by atoms with Crippen molar-refractivity contribution in [2.45, 2.75) is 91.6 Å². The first kappa shape index (κ1) is 21.1. The molecule has 1 spiro atoms. The zero-order chi connectivity index (χ0) is 20.2. The van der Waals surface area contributed by atoms with Crippen LogP contribution in [-0.2, 0) is 0 Å². The van der Waals surface area contributed by atoms with Crippen LogP contribution in [0, 0.1) is 22.7 Å². The normalized spacial score (nSPS) is 29.8. The van der Waals surface area contributed by atoms with Gasteiger partial charge in [-0.1, -0.05) is 20.8 Å². The summed E-state index contributed by atoms with van der Waals surface area (Å²) in [6.07, 6.45) is 8.79. The number of piperidine rings is 2. The minimum absolute atomic E-state index is 0.366. The molecule has 0 amide bonds. The molecule has 0 N–H and O–H groups in total. The lowest BCUT2D eigenvalue weighted by molar-refractivity contribution is -0.0654. The molecule has 4 aliphatic rings. The van der Waals surface area contributed by atoms with E-state index in [0.29, 0.717) is 11.0 Å². The fourth-order valence-corrected chi connectivity index (χ4v) is 6.55. The van der Waals surface area contributed by atoms with Crippen LogP contribution in [0.3, 0.4) is 0 Å². The lowest BCUT2D eigenvalue weighted by atomic mass is 9.59. The molecular weight excluding hydrogens is 342 g/mol. The molecule has 1 saturated carbocycles. The molecule has 3 saturated heterocycles. The molecule has 0 bridgehead atoms. The van der Waals surface area contributed by atoms with Crippen molar-refractivity contribution in [1.82, 2.24) is 14.7 Å². The molecule has 28 heavy (non-hydrogen) atoms. The zero-order valence-electron chi connectivity index (χ0n) is 19.8. The number of likely N-dealkylation sites (tertiary alicyclic amines) is 3. The molecule has 3 aliphatic heterocycles. The van der Waals surface area contributed by atoms with Crippen molar-refractivity contribution in [1.29, 1.82) is 0 Å². The van der Waals surface area contributed by atoms with Gasteiger partial charge in [0, 0.05) is 31.2 Å². The van der Waals surface area contributed by atoms with Crippen LogP contribution in [0.25, 0.3) is 0 Å². The van der Waals surface area contributed by atoms with Gasteiger partial charge in [0.2, 0.25) is 0 Å². The second kappa shape index (κ2) is 7.54. The Bertz CT molecular complexity index is 513. The Morgan fingerprint density at radius 3 is 1.89 bits per heavy atom. The van der Waals surface area contributed by atoms with Crippen molar-refractivity contribution >= 4 is 0 Å². The van der Waals surface area contributed by atoms with E-state index in [1.54, 1.807) is 0 Å². The lowest BCUT2D eigenvalue weighted by Gasteiger charge is -2.57. The maximum absolute atomic E-state index is 2.86. The SMILES string of the molecule is CC(C)(C)C1CCN(C2CC3(CCN(CC4CN(C(C)(C)C)C4)CC3)C2)CC1. The van der Waals surface area contributed by atoms with Gasteiger partial charge in [-0.15, -0.1) is 0 Å². The van der Waals surface area contributed by atoms with E-state index in [1.165, 1.54) is 84.3 Å². The molecule has 0 atom stereocenters. The fraction of sp³-hybridized carbons (Fsp3) is 1.00. The highest BCUT2D eigenvalue weighted by atomic mass is 15.3. The highest BCUT2D eigenvalue weighted by molar-refractivity contribution is 5.02. The van der Waals surface area contributed by atoms with Gasteiger partial charge in [-0.2, -0.15) is 0 Å². The average Bonchev–Trinajstić information content (AvgIpc) is 2.54. The summed E-state index contributed by atoms with van der Waals surface area (Å²) in [6.45, 7) is 23.8. The number of hydrogen-bond donors (Lipinski definition) is 0. The first-order chi connectivity index (χ1) is 13.0. The molecular formula is C25H47N3. The third-order valence-corrected chi connectivity index (χ3v) is 8.95. The summed E-state index contributed by atoms with van der Waals surface area (Å²) < 4.78 is 0. The first-order valence-corrected chi connectivity index (χ1v) is 12.3. The van der Waals surface area contributed by atoms with Gasteiger partial charge in [0.25, 0.3) is 0 Å². The van der Waals surface area contributed by atoms with Crippen LogP contribution in [0.2, 0.25) is 0 Å². The highest BCUT2D eigenvalue weighted by Crippen LogP contribution is 2.52. The summed E-state index contributed by atoms with van der Waals surface area (Å²) in [5, 5.41) is 0. The molecule has 4 fully saturated rings. The van der Waals surface area contributed by atoms with Gasteiger partial charge in [0.15, 0.2) is 0 Å². The molecule has 4 rings (SSSR count). The molecule has 3 nitrogen and oxygen atoms in total. The van der Waals surface area contributed by atoms with Crippen LogP contribution in [0.15, 0.2) is 0 Å². The van der Waals surface area contributed by atoms with Crippen molar-refractivity contribution in [2.75, 3.05) is 45.8 Å². The van der Waals surface area contributed by atoms with Gasteiger partial charge in [0.05, 0.1) is 0 Å². The van der Waals surface area contributed by atoms with Crippen LogP contribution < -0.4 is 0 Å². The second-order valence-electron chi connectivity index (χ2n) is 13.0. The van der Waals surface area contributed by atoms with Gasteiger partial charge in [-0.05, 0) is 108 Å². The number of nitrogens with zero attached hydrogens (tertiary/aromatic N) is 3. The van der Waals surface area contributed by atoms with Crippen LogP contribution in [-0.4, -0.2) is 72.1 Å². The Kier molecular flexibility index (Phi) is 5.69. The van der Waals surface area contributed by atoms with Crippen LogP contribution in [0.5, 0.6) is 0 Å². The molecule has 1 aliphatic carbocycles. The molecule has 0 aromatic carbocycles. The van der Waals surface area contributed by atoms with Gasteiger partial charge in [-0.3, -0.25) is 4.90 Å². The Morgan fingerprint density at radius 1 is 0.821 bits per heavy atom. The molecule has 3 heteroatoms. The topological polar surface area (TPSA) is 9.72 Å². The van der Waals surface area contributed by atoms with Crippen molar-refractivity contribution in [2.24, 2.45) is 22.7 Å². The quantitative estimate of drug-likeness (QED) is 0.691. The van der Waals surface area contributed by atoms with E-state index >= 15 is 0 Å². The molecule has 0 aromatic heterocycles. The second-order valence-corrected chi connectivity index (χ2v) is 13.0. The number of hydrogen-bond acceptors (Lipinski definition) is 3. The van der Waals surface area contributed by atoms with Crippen molar-refractivity contribution < 1.29 is 0 Å². The number of rotatable bonds is 3.